The molecule has 0 spiro atoms. The Bertz CT molecular complexity index is 713. The summed E-state index contributed by atoms with van der Waals surface area (Å²) in [5.41, 5.74) is 1.16. The Morgan fingerprint density at radius 2 is 2.21 bits per heavy atom. The summed E-state index contributed by atoms with van der Waals surface area (Å²) in [5.74, 6) is 0.860. The van der Waals surface area contributed by atoms with Crippen LogP contribution in [0.1, 0.15) is 24.8 Å². The molecule has 1 saturated carbocycles. The normalized spacial score (nSPS) is 17.2. The Hall–Kier alpha value is -1.73. The molecule has 6 nitrogen and oxygen atoms in total. The third-order valence-corrected chi connectivity index (χ3v) is 5.34. The molecule has 1 heterocycles. The highest BCUT2D eigenvalue weighted by Gasteiger charge is 2.39. The van der Waals surface area contributed by atoms with Gasteiger partial charge in [-0.15, -0.1) is 10.2 Å². The van der Waals surface area contributed by atoms with Gasteiger partial charge in [-0.25, -0.2) is 0 Å². The SMILES string of the molecule is COCc1cccc(OCC2(Cn3cnnc3[S@@](C)=O)CCC2)c1. The van der Waals surface area contributed by atoms with Gasteiger partial charge in [-0.1, -0.05) is 18.6 Å². The van der Waals surface area contributed by atoms with Crippen LogP contribution >= 0.6 is 0 Å². The van der Waals surface area contributed by atoms with Gasteiger partial charge in [-0.3, -0.25) is 4.21 Å². The van der Waals surface area contributed by atoms with Gasteiger partial charge in [0, 0.05) is 25.3 Å². The summed E-state index contributed by atoms with van der Waals surface area (Å²) in [6, 6.07) is 7.99. The molecule has 1 aromatic carbocycles. The van der Waals surface area contributed by atoms with Crippen LogP contribution in [0.3, 0.4) is 0 Å². The second-order valence-corrected chi connectivity index (χ2v) is 7.69. The van der Waals surface area contributed by atoms with Gasteiger partial charge >= 0.3 is 0 Å². The van der Waals surface area contributed by atoms with Gasteiger partial charge < -0.3 is 14.0 Å². The van der Waals surface area contributed by atoms with Gasteiger partial charge in [0.05, 0.1) is 24.0 Å². The van der Waals surface area contributed by atoms with Gasteiger partial charge in [0.25, 0.3) is 0 Å². The van der Waals surface area contributed by atoms with Crippen LogP contribution in [-0.2, 0) is 28.7 Å². The van der Waals surface area contributed by atoms with Crippen molar-refractivity contribution in [2.24, 2.45) is 5.41 Å². The number of benzene rings is 1. The van der Waals surface area contributed by atoms with Gasteiger partial charge in [0.2, 0.25) is 5.16 Å². The van der Waals surface area contributed by atoms with Crippen molar-refractivity contribution in [2.75, 3.05) is 20.0 Å². The maximum atomic E-state index is 11.7. The molecule has 0 saturated heterocycles. The zero-order valence-electron chi connectivity index (χ0n) is 14.1. The standard InChI is InChI=1S/C17H23N3O3S/c1-22-10-14-5-3-6-15(9-14)23-12-17(7-4-8-17)11-20-13-18-19-16(20)24(2)21/h3,5-6,9,13H,4,7-8,10-12H2,1-2H3/t24-/m1/s1. The fourth-order valence-electron chi connectivity index (χ4n) is 3.09. The summed E-state index contributed by atoms with van der Waals surface area (Å²) in [7, 11) is 0.553. The highest BCUT2D eigenvalue weighted by Crippen LogP contribution is 2.43. The molecule has 0 aliphatic heterocycles. The van der Waals surface area contributed by atoms with E-state index >= 15 is 0 Å². The lowest BCUT2D eigenvalue weighted by Gasteiger charge is -2.41. The Kier molecular flexibility index (Phi) is 5.30. The Morgan fingerprint density at radius 3 is 2.88 bits per heavy atom. The van der Waals surface area contributed by atoms with Gasteiger partial charge in [0.1, 0.15) is 12.1 Å². The first-order valence-electron chi connectivity index (χ1n) is 8.04. The number of rotatable bonds is 8. The molecule has 0 N–H and O–H groups in total. The molecular weight excluding hydrogens is 326 g/mol. The van der Waals surface area contributed by atoms with Gasteiger partial charge in [-0.2, -0.15) is 0 Å². The van der Waals surface area contributed by atoms with E-state index in [-0.39, 0.29) is 5.41 Å². The third-order valence-electron chi connectivity index (χ3n) is 4.51. The van der Waals surface area contributed by atoms with Crippen molar-refractivity contribution in [3.05, 3.63) is 36.2 Å². The van der Waals surface area contributed by atoms with E-state index in [9.17, 15) is 4.21 Å². The summed E-state index contributed by atoms with van der Waals surface area (Å²) < 4.78 is 24.9. The first-order valence-corrected chi connectivity index (χ1v) is 9.60. The smallest absolute Gasteiger partial charge is 0.221 e. The van der Waals surface area contributed by atoms with E-state index in [0.717, 1.165) is 30.7 Å². The molecule has 1 aromatic heterocycles. The molecule has 1 fully saturated rings. The van der Waals surface area contributed by atoms with Crippen molar-refractivity contribution in [3.8, 4) is 5.75 Å². The lowest BCUT2D eigenvalue weighted by atomic mass is 9.69. The monoisotopic (exact) mass is 349 g/mol. The van der Waals surface area contributed by atoms with E-state index in [4.69, 9.17) is 9.47 Å². The van der Waals surface area contributed by atoms with Crippen molar-refractivity contribution in [2.45, 2.75) is 37.6 Å². The minimum Gasteiger partial charge on any atom is -0.493 e. The fraction of sp³-hybridized carbons (Fsp3) is 0.529. The van der Waals surface area contributed by atoms with E-state index in [2.05, 4.69) is 10.2 Å². The summed E-state index contributed by atoms with van der Waals surface area (Å²) >= 11 is 0. The van der Waals surface area contributed by atoms with Crippen LogP contribution in [-0.4, -0.2) is 38.9 Å². The first kappa shape index (κ1) is 17.1. The number of hydrogen-bond acceptors (Lipinski definition) is 5. The number of hydrogen-bond donors (Lipinski definition) is 0. The Morgan fingerprint density at radius 1 is 1.38 bits per heavy atom. The van der Waals surface area contributed by atoms with Crippen LogP contribution in [0.4, 0.5) is 0 Å². The molecule has 1 aliphatic rings. The molecule has 130 valence electrons. The van der Waals surface area contributed by atoms with E-state index in [1.807, 2.05) is 28.8 Å². The molecular formula is C17H23N3O3S. The van der Waals surface area contributed by atoms with E-state index < -0.39 is 10.8 Å². The topological polar surface area (TPSA) is 66.2 Å². The minimum absolute atomic E-state index is 0.0633. The lowest BCUT2D eigenvalue weighted by Crippen LogP contribution is -2.40. The molecule has 0 amide bonds. The average molecular weight is 349 g/mol. The first-order chi connectivity index (χ1) is 11.6. The van der Waals surface area contributed by atoms with Crippen LogP contribution in [0.2, 0.25) is 0 Å². The largest absolute Gasteiger partial charge is 0.493 e. The minimum atomic E-state index is -1.13. The quantitative estimate of drug-likeness (QED) is 0.732. The van der Waals surface area contributed by atoms with E-state index in [1.165, 1.54) is 6.42 Å². The van der Waals surface area contributed by atoms with Crippen LogP contribution < -0.4 is 4.74 Å². The Balaban J connectivity index is 1.67. The maximum Gasteiger partial charge on any atom is 0.221 e. The van der Waals surface area contributed by atoms with E-state index in [1.54, 1.807) is 19.7 Å². The predicted octanol–water partition coefficient (Wildman–Crippen LogP) is 2.41. The van der Waals surface area contributed by atoms with Crippen LogP contribution in [0.5, 0.6) is 5.75 Å². The number of aromatic nitrogens is 3. The molecule has 7 heteroatoms. The van der Waals surface area contributed by atoms with Crippen molar-refractivity contribution < 1.29 is 13.7 Å². The second kappa shape index (κ2) is 7.44. The summed E-state index contributed by atoms with van der Waals surface area (Å²) in [6.07, 6.45) is 6.68. The molecule has 0 unspecified atom stereocenters. The van der Waals surface area contributed by atoms with E-state index in [0.29, 0.717) is 18.4 Å². The molecule has 2 aromatic rings. The number of nitrogens with zero attached hydrogens (tertiary/aromatic N) is 3. The van der Waals surface area contributed by atoms with Crippen LogP contribution in [0, 0.1) is 5.41 Å². The molecule has 1 atom stereocenters. The molecule has 0 radical (unpaired) electrons. The summed E-state index contributed by atoms with van der Waals surface area (Å²) in [5, 5.41) is 8.40. The maximum absolute atomic E-state index is 11.7. The average Bonchev–Trinajstić information content (AvgIpc) is 2.99. The second-order valence-electron chi connectivity index (χ2n) is 6.42. The van der Waals surface area contributed by atoms with Crippen LogP contribution in [0.15, 0.2) is 35.7 Å². The molecule has 0 bridgehead atoms. The summed E-state index contributed by atoms with van der Waals surface area (Å²) in [6.45, 7) is 1.96. The van der Waals surface area contributed by atoms with Gasteiger partial charge in [-0.05, 0) is 30.5 Å². The van der Waals surface area contributed by atoms with Crippen molar-refractivity contribution >= 4 is 10.8 Å². The summed E-state index contributed by atoms with van der Waals surface area (Å²) in [4.78, 5) is 0. The van der Waals surface area contributed by atoms with Crippen molar-refractivity contribution in [1.29, 1.82) is 0 Å². The number of ether oxygens (including phenoxy) is 2. The highest BCUT2D eigenvalue weighted by atomic mass is 32.2. The molecule has 1 aliphatic carbocycles. The van der Waals surface area contributed by atoms with Crippen molar-refractivity contribution in [1.82, 2.24) is 14.8 Å². The lowest BCUT2D eigenvalue weighted by molar-refractivity contribution is 0.0370. The van der Waals surface area contributed by atoms with Gasteiger partial charge in [0.15, 0.2) is 0 Å². The zero-order valence-corrected chi connectivity index (χ0v) is 14.9. The fourth-order valence-corrected chi connectivity index (χ4v) is 3.69. The molecule has 3 rings (SSSR count). The third kappa shape index (κ3) is 3.84. The highest BCUT2D eigenvalue weighted by molar-refractivity contribution is 7.84. The number of methoxy groups -OCH3 is 1. The van der Waals surface area contributed by atoms with Crippen molar-refractivity contribution in [3.63, 3.8) is 0 Å². The zero-order chi connectivity index (χ0) is 17.0. The predicted molar refractivity (Wildman–Crippen MR) is 91.3 cm³/mol. The Labute approximate surface area is 144 Å². The van der Waals surface area contributed by atoms with Crippen LogP contribution in [0.25, 0.3) is 0 Å². The molecule has 24 heavy (non-hydrogen) atoms.